The van der Waals surface area contributed by atoms with Gasteiger partial charge in [0.15, 0.2) is 23.4 Å². The first-order chi connectivity index (χ1) is 11.0. The Morgan fingerprint density at radius 1 is 1.33 bits per heavy atom. The van der Waals surface area contributed by atoms with Crippen molar-refractivity contribution in [2.45, 2.75) is 43.2 Å². The molecule has 1 aromatic carbocycles. The number of Topliss-reactive ketones (excluding diaryl/α,β-unsaturated/α-hetero) is 1. The Kier molecular flexibility index (Phi) is 3.53. The zero-order chi connectivity index (χ0) is 16.0. The second kappa shape index (κ2) is 5.10. The quantitative estimate of drug-likeness (QED) is 0.418. The fourth-order valence-electron chi connectivity index (χ4n) is 6.05. The maximum atomic E-state index is 12.7. The maximum Gasteiger partial charge on any atom is 0.174 e. The van der Waals surface area contributed by atoms with Gasteiger partial charge in [-0.2, -0.15) is 0 Å². The average molecular weight is 441 g/mol. The Morgan fingerprint density at radius 3 is 2.88 bits per heavy atom. The number of carbonyl (C=O) groups excluding carboxylic acids is 1. The molecule has 4 atom stereocenters. The van der Waals surface area contributed by atoms with Crippen LogP contribution in [-0.4, -0.2) is 50.2 Å². The number of hydrogen-bond acceptors (Lipinski definition) is 3. The second-order valence-corrected chi connectivity index (χ2v) is 8.30. The van der Waals surface area contributed by atoms with Crippen LogP contribution in [0.15, 0.2) is 12.1 Å². The van der Waals surface area contributed by atoms with E-state index in [-0.39, 0.29) is 35.5 Å². The maximum absolute atomic E-state index is 12.7. The third-order valence-corrected chi connectivity index (χ3v) is 7.15. The SMILES string of the molecule is COc1ccc2c3c1O[C@H]1C(=O)CC[C@H]4[C@@H](C2)[N+](C)(C)CC[C@]314.[I-]. The molecule has 24 heavy (non-hydrogen) atoms. The third kappa shape index (κ3) is 1.75. The molecule has 5 rings (SSSR count). The normalized spacial score (nSPS) is 37.1. The number of rotatable bonds is 1. The number of methoxy groups -OCH3 is 1. The van der Waals surface area contributed by atoms with E-state index in [9.17, 15) is 4.79 Å². The van der Waals surface area contributed by atoms with Gasteiger partial charge in [0.1, 0.15) is 0 Å². The van der Waals surface area contributed by atoms with E-state index in [1.165, 1.54) is 11.1 Å². The van der Waals surface area contributed by atoms with E-state index >= 15 is 0 Å². The molecular weight excluding hydrogens is 417 g/mol. The number of ketones is 1. The van der Waals surface area contributed by atoms with Crippen LogP contribution in [0.1, 0.15) is 30.4 Å². The number of hydrogen-bond donors (Lipinski definition) is 0. The molecule has 1 saturated carbocycles. The number of likely N-dealkylation sites (tertiary alicyclic amines) is 1. The van der Waals surface area contributed by atoms with Crippen LogP contribution >= 0.6 is 0 Å². The summed E-state index contributed by atoms with van der Waals surface area (Å²) in [6, 6.07) is 4.82. The summed E-state index contributed by atoms with van der Waals surface area (Å²) >= 11 is 0. The number of quaternary nitrogens is 1. The molecule has 2 heterocycles. The monoisotopic (exact) mass is 441 g/mol. The fraction of sp³-hybridized carbons (Fsp3) is 0.632. The van der Waals surface area contributed by atoms with E-state index in [0.29, 0.717) is 24.2 Å². The molecule has 2 aliphatic heterocycles. The average Bonchev–Trinajstić information content (AvgIpc) is 2.88. The highest BCUT2D eigenvalue weighted by Crippen LogP contribution is 2.63. The van der Waals surface area contributed by atoms with Gasteiger partial charge in [-0.1, -0.05) is 6.07 Å². The van der Waals surface area contributed by atoms with Gasteiger partial charge in [-0.25, -0.2) is 0 Å². The Labute approximate surface area is 160 Å². The lowest BCUT2D eigenvalue weighted by atomic mass is 9.51. The topological polar surface area (TPSA) is 35.5 Å². The molecule has 2 aliphatic carbocycles. The van der Waals surface area contributed by atoms with Gasteiger partial charge < -0.3 is 37.9 Å². The molecule has 2 bridgehead atoms. The number of benzene rings is 1. The lowest BCUT2D eigenvalue weighted by molar-refractivity contribution is -0.927. The summed E-state index contributed by atoms with van der Waals surface area (Å²) < 4.78 is 12.9. The molecule has 130 valence electrons. The first kappa shape index (κ1) is 16.6. The molecule has 1 spiro atoms. The molecule has 2 fully saturated rings. The van der Waals surface area contributed by atoms with Crippen molar-refractivity contribution in [2.75, 3.05) is 27.7 Å². The van der Waals surface area contributed by atoms with Gasteiger partial charge in [0.2, 0.25) is 0 Å². The zero-order valence-electron chi connectivity index (χ0n) is 14.5. The zero-order valence-corrected chi connectivity index (χ0v) is 16.6. The van der Waals surface area contributed by atoms with Crippen LogP contribution in [0.2, 0.25) is 0 Å². The van der Waals surface area contributed by atoms with Crippen LogP contribution in [0.3, 0.4) is 0 Å². The number of piperidine rings is 1. The molecule has 0 unspecified atom stereocenters. The number of likely N-dealkylation sites (N-methyl/N-ethyl adjacent to an activating group) is 1. The van der Waals surface area contributed by atoms with E-state index in [2.05, 4.69) is 20.2 Å². The summed E-state index contributed by atoms with van der Waals surface area (Å²) in [7, 11) is 6.40. The van der Waals surface area contributed by atoms with Crippen molar-refractivity contribution in [1.29, 1.82) is 0 Å². The van der Waals surface area contributed by atoms with Crippen molar-refractivity contribution in [1.82, 2.24) is 0 Å². The van der Waals surface area contributed by atoms with Gasteiger partial charge in [-0.05, 0) is 18.1 Å². The molecule has 1 aromatic rings. The van der Waals surface area contributed by atoms with Gasteiger partial charge >= 0.3 is 0 Å². The molecule has 0 radical (unpaired) electrons. The molecule has 0 amide bonds. The molecule has 0 aromatic heterocycles. The van der Waals surface area contributed by atoms with Crippen LogP contribution in [0.25, 0.3) is 0 Å². The summed E-state index contributed by atoms with van der Waals surface area (Å²) in [6.07, 6.45) is 3.54. The summed E-state index contributed by atoms with van der Waals surface area (Å²) in [5.74, 6) is 2.49. The molecule has 5 heteroatoms. The summed E-state index contributed by atoms with van der Waals surface area (Å²) in [6.45, 7) is 1.12. The van der Waals surface area contributed by atoms with Crippen LogP contribution in [0.5, 0.6) is 11.5 Å². The number of carbonyl (C=O) groups is 1. The lowest BCUT2D eigenvalue weighted by Gasteiger charge is -2.59. The van der Waals surface area contributed by atoms with Crippen molar-refractivity contribution in [3.63, 3.8) is 0 Å². The standard InChI is InChI=1S/C19H24NO3.HI/c1-20(2)9-8-19-12-5-6-14(21)18(19)23-17-15(22-3)7-4-11(16(17)19)10-13(12)20;/h4,7,12-13,18H,5-6,8-10H2,1-3H3;1H/q+1;/p-1/t12-,13+,18-,19-;/m0./s1. The minimum atomic E-state index is -0.283. The highest BCUT2D eigenvalue weighted by Gasteiger charge is 2.68. The van der Waals surface area contributed by atoms with Gasteiger partial charge in [-0.3, -0.25) is 4.79 Å². The highest BCUT2D eigenvalue weighted by molar-refractivity contribution is 5.89. The van der Waals surface area contributed by atoms with E-state index in [4.69, 9.17) is 9.47 Å². The summed E-state index contributed by atoms with van der Waals surface area (Å²) in [5, 5.41) is 0. The predicted octanol–water partition coefficient (Wildman–Crippen LogP) is -0.918. The van der Waals surface area contributed by atoms with Crippen LogP contribution in [-0.2, 0) is 16.6 Å². The molecule has 4 nitrogen and oxygen atoms in total. The van der Waals surface area contributed by atoms with E-state index < -0.39 is 0 Å². The molecule has 4 aliphatic rings. The minimum Gasteiger partial charge on any atom is -1.00 e. The van der Waals surface area contributed by atoms with Gasteiger partial charge in [0.25, 0.3) is 0 Å². The van der Waals surface area contributed by atoms with Crippen LogP contribution in [0.4, 0.5) is 0 Å². The summed E-state index contributed by atoms with van der Waals surface area (Å²) in [5.41, 5.74) is 2.60. The molecule has 0 N–H and O–H groups in total. The number of ether oxygens (including phenoxy) is 2. The summed E-state index contributed by atoms with van der Waals surface area (Å²) in [4.78, 5) is 12.7. The molecular formula is C19H24INO3. The van der Waals surface area contributed by atoms with Crippen molar-refractivity contribution in [2.24, 2.45) is 5.92 Å². The van der Waals surface area contributed by atoms with Crippen molar-refractivity contribution in [3.8, 4) is 11.5 Å². The number of halogens is 1. The Morgan fingerprint density at radius 2 is 2.12 bits per heavy atom. The highest BCUT2D eigenvalue weighted by atomic mass is 127. The van der Waals surface area contributed by atoms with Crippen LogP contribution in [0, 0.1) is 5.92 Å². The van der Waals surface area contributed by atoms with Gasteiger partial charge in [0.05, 0.1) is 39.2 Å². The Bertz CT molecular complexity index is 732. The predicted molar refractivity (Wildman–Crippen MR) is 85.9 cm³/mol. The first-order valence-electron chi connectivity index (χ1n) is 8.71. The smallest absolute Gasteiger partial charge is 0.174 e. The van der Waals surface area contributed by atoms with E-state index in [0.717, 1.165) is 41.8 Å². The van der Waals surface area contributed by atoms with Crippen molar-refractivity contribution >= 4 is 5.78 Å². The van der Waals surface area contributed by atoms with Gasteiger partial charge in [-0.15, -0.1) is 0 Å². The second-order valence-electron chi connectivity index (χ2n) is 8.30. The Balaban J connectivity index is 0.00000146. The largest absolute Gasteiger partial charge is 1.00 e. The van der Waals surface area contributed by atoms with Gasteiger partial charge in [0, 0.05) is 30.7 Å². The van der Waals surface area contributed by atoms with E-state index in [1.807, 2.05) is 6.07 Å². The third-order valence-electron chi connectivity index (χ3n) is 7.15. The van der Waals surface area contributed by atoms with Crippen LogP contribution < -0.4 is 33.5 Å². The number of nitrogens with zero attached hydrogens (tertiary/aromatic N) is 1. The van der Waals surface area contributed by atoms with E-state index in [1.54, 1.807) is 7.11 Å². The van der Waals surface area contributed by atoms with Crippen molar-refractivity contribution < 1.29 is 42.7 Å². The first-order valence-corrected chi connectivity index (χ1v) is 8.71. The fourth-order valence-corrected chi connectivity index (χ4v) is 6.05. The Hall–Kier alpha value is -0.820. The molecule has 1 saturated heterocycles. The van der Waals surface area contributed by atoms with Crippen molar-refractivity contribution in [3.05, 3.63) is 23.3 Å². The minimum absolute atomic E-state index is 0. The lowest BCUT2D eigenvalue weighted by Crippen LogP contribution is -3.00.